The van der Waals surface area contributed by atoms with E-state index in [-0.39, 0.29) is 18.1 Å². The minimum atomic E-state index is -0.503. The van der Waals surface area contributed by atoms with E-state index in [9.17, 15) is 15.2 Å². The van der Waals surface area contributed by atoms with Gasteiger partial charge in [0.05, 0.1) is 17.9 Å². The zero-order valence-electron chi connectivity index (χ0n) is 18.3. The standard InChI is InChI=1S/C23H25N3O4S/c1-6-29-23(28)21-19(12-31-22-15(10-24)13(2)9-14(3)25-22)30-18-8-7-17(27)16(20(18)21)11-26(4)5/h7-9,27H,6,11-12H2,1-5H3. The third-order valence-electron chi connectivity index (χ3n) is 4.73. The number of aromatic nitrogens is 1. The van der Waals surface area contributed by atoms with Gasteiger partial charge in [-0.15, -0.1) is 0 Å². The lowest BCUT2D eigenvalue weighted by atomic mass is 10.0. The van der Waals surface area contributed by atoms with E-state index < -0.39 is 5.97 Å². The monoisotopic (exact) mass is 439 g/mol. The summed E-state index contributed by atoms with van der Waals surface area (Å²) >= 11 is 1.33. The highest BCUT2D eigenvalue weighted by molar-refractivity contribution is 7.98. The topological polar surface area (TPSA) is 99.6 Å². The lowest BCUT2D eigenvalue weighted by Gasteiger charge is -2.13. The van der Waals surface area contributed by atoms with Crippen molar-refractivity contribution < 1.29 is 19.1 Å². The summed E-state index contributed by atoms with van der Waals surface area (Å²) < 4.78 is 11.3. The maximum atomic E-state index is 12.9. The molecule has 31 heavy (non-hydrogen) atoms. The van der Waals surface area contributed by atoms with E-state index in [0.717, 1.165) is 11.3 Å². The molecule has 0 atom stereocenters. The first-order chi connectivity index (χ1) is 14.8. The van der Waals surface area contributed by atoms with Crippen LogP contribution in [0.4, 0.5) is 0 Å². The molecule has 0 aliphatic heterocycles. The number of esters is 1. The number of hydrogen-bond acceptors (Lipinski definition) is 8. The molecule has 0 bridgehead atoms. The number of carbonyl (C=O) groups is 1. The average molecular weight is 440 g/mol. The van der Waals surface area contributed by atoms with Crippen molar-refractivity contribution in [3.63, 3.8) is 0 Å². The molecule has 2 heterocycles. The number of benzene rings is 1. The van der Waals surface area contributed by atoms with Crippen LogP contribution in [0.3, 0.4) is 0 Å². The number of aryl methyl sites for hydroxylation is 2. The van der Waals surface area contributed by atoms with Gasteiger partial charge in [-0.2, -0.15) is 5.26 Å². The number of rotatable bonds is 7. The van der Waals surface area contributed by atoms with E-state index in [1.165, 1.54) is 11.8 Å². The molecule has 1 N–H and O–H groups in total. The van der Waals surface area contributed by atoms with Crippen molar-refractivity contribution in [3.05, 3.63) is 51.9 Å². The molecule has 0 unspecified atom stereocenters. The number of aromatic hydroxyl groups is 1. The van der Waals surface area contributed by atoms with Crippen molar-refractivity contribution in [1.82, 2.24) is 9.88 Å². The Kier molecular flexibility index (Phi) is 6.88. The van der Waals surface area contributed by atoms with Crippen LogP contribution in [0.25, 0.3) is 11.0 Å². The Bertz CT molecular complexity index is 1180. The van der Waals surface area contributed by atoms with Crippen LogP contribution in [-0.2, 0) is 17.0 Å². The number of nitriles is 1. The molecule has 0 spiro atoms. The van der Waals surface area contributed by atoms with Crippen molar-refractivity contribution in [2.24, 2.45) is 0 Å². The van der Waals surface area contributed by atoms with Gasteiger partial charge in [-0.3, -0.25) is 0 Å². The molecule has 1 aromatic carbocycles. The summed E-state index contributed by atoms with van der Waals surface area (Å²) in [6.07, 6.45) is 0. The number of phenolic OH excluding ortho intramolecular Hbond substituents is 1. The van der Waals surface area contributed by atoms with Crippen molar-refractivity contribution in [3.8, 4) is 11.8 Å². The summed E-state index contributed by atoms with van der Waals surface area (Å²) in [4.78, 5) is 19.3. The number of thioether (sulfide) groups is 1. The number of carbonyl (C=O) groups excluding carboxylic acids is 1. The van der Waals surface area contributed by atoms with Gasteiger partial charge in [-0.1, -0.05) is 11.8 Å². The molecule has 3 rings (SSSR count). The van der Waals surface area contributed by atoms with E-state index >= 15 is 0 Å². The first-order valence-electron chi connectivity index (χ1n) is 9.86. The zero-order chi connectivity index (χ0) is 22.7. The van der Waals surface area contributed by atoms with Crippen LogP contribution in [0.1, 0.15) is 45.4 Å². The molecule has 8 heteroatoms. The van der Waals surface area contributed by atoms with Crippen LogP contribution >= 0.6 is 11.8 Å². The minimum absolute atomic E-state index is 0.0921. The highest BCUT2D eigenvalue weighted by atomic mass is 32.2. The summed E-state index contributed by atoms with van der Waals surface area (Å²) in [5.41, 5.74) is 3.59. The Morgan fingerprint density at radius 2 is 2.10 bits per heavy atom. The second kappa shape index (κ2) is 9.41. The predicted molar refractivity (Wildman–Crippen MR) is 119 cm³/mol. The molecular weight excluding hydrogens is 414 g/mol. The van der Waals surface area contributed by atoms with Crippen molar-refractivity contribution in [1.29, 1.82) is 5.26 Å². The number of pyridine rings is 1. The molecule has 0 radical (unpaired) electrons. The maximum absolute atomic E-state index is 12.9. The second-order valence-corrected chi connectivity index (χ2v) is 8.42. The fourth-order valence-corrected chi connectivity index (χ4v) is 4.50. The molecule has 0 saturated heterocycles. The Labute approximate surface area is 185 Å². The van der Waals surface area contributed by atoms with Crippen molar-refractivity contribution >= 4 is 28.7 Å². The molecule has 0 amide bonds. The second-order valence-electron chi connectivity index (χ2n) is 7.46. The molecular formula is C23H25N3O4S. The van der Waals surface area contributed by atoms with Gasteiger partial charge in [0.25, 0.3) is 0 Å². The lowest BCUT2D eigenvalue weighted by Crippen LogP contribution is -2.12. The van der Waals surface area contributed by atoms with Crippen LogP contribution < -0.4 is 0 Å². The van der Waals surface area contributed by atoms with Crippen LogP contribution in [0, 0.1) is 25.2 Å². The van der Waals surface area contributed by atoms with E-state index in [0.29, 0.717) is 45.0 Å². The van der Waals surface area contributed by atoms with Gasteiger partial charge in [-0.05, 0) is 58.6 Å². The Hall–Kier alpha value is -3.02. The number of fused-ring (bicyclic) bond motifs is 1. The summed E-state index contributed by atoms with van der Waals surface area (Å²) in [5, 5.41) is 21.1. The van der Waals surface area contributed by atoms with Gasteiger partial charge >= 0.3 is 5.97 Å². The molecule has 2 aromatic heterocycles. The van der Waals surface area contributed by atoms with Crippen molar-refractivity contribution in [2.45, 2.75) is 38.1 Å². The fraction of sp³-hybridized carbons (Fsp3) is 0.348. The van der Waals surface area contributed by atoms with Gasteiger partial charge in [0.15, 0.2) is 0 Å². The fourth-order valence-electron chi connectivity index (χ4n) is 3.47. The maximum Gasteiger partial charge on any atom is 0.342 e. The smallest absolute Gasteiger partial charge is 0.342 e. The van der Waals surface area contributed by atoms with Crippen LogP contribution in [0.15, 0.2) is 27.6 Å². The summed E-state index contributed by atoms with van der Waals surface area (Å²) in [6, 6.07) is 7.29. The Morgan fingerprint density at radius 1 is 1.35 bits per heavy atom. The molecule has 0 aliphatic carbocycles. The van der Waals surface area contributed by atoms with Crippen LogP contribution in [0.2, 0.25) is 0 Å². The normalized spacial score (nSPS) is 11.1. The van der Waals surface area contributed by atoms with Gasteiger partial charge in [0, 0.05) is 23.2 Å². The molecule has 7 nitrogen and oxygen atoms in total. The molecule has 0 saturated carbocycles. The van der Waals surface area contributed by atoms with E-state index in [1.807, 2.05) is 38.9 Å². The quantitative estimate of drug-likeness (QED) is 0.423. The van der Waals surface area contributed by atoms with Gasteiger partial charge < -0.3 is 19.2 Å². The first-order valence-corrected chi connectivity index (χ1v) is 10.8. The number of hydrogen-bond donors (Lipinski definition) is 1. The predicted octanol–water partition coefficient (Wildman–Crippen LogP) is 4.55. The minimum Gasteiger partial charge on any atom is -0.508 e. The van der Waals surface area contributed by atoms with E-state index in [2.05, 4.69) is 11.1 Å². The lowest BCUT2D eigenvalue weighted by molar-refractivity contribution is 0.0526. The van der Waals surface area contributed by atoms with Gasteiger partial charge in [0.1, 0.15) is 33.8 Å². The number of nitrogens with zero attached hydrogens (tertiary/aromatic N) is 3. The molecule has 0 fully saturated rings. The highest BCUT2D eigenvalue weighted by Crippen LogP contribution is 2.38. The van der Waals surface area contributed by atoms with Crippen LogP contribution in [-0.4, -0.2) is 41.7 Å². The van der Waals surface area contributed by atoms with Crippen LogP contribution in [0.5, 0.6) is 5.75 Å². The molecule has 3 aromatic rings. The summed E-state index contributed by atoms with van der Waals surface area (Å²) in [7, 11) is 3.77. The third kappa shape index (κ3) is 4.68. The number of phenols is 1. The van der Waals surface area contributed by atoms with E-state index in [4.69, 9.17) is 9.15 Å². The van der Waals surface area contributed by atoms with Gasteiger partial charge in [0.2, 0.25) is 0 Å². The average Bonchev–Trinajstić information content (AvgIpc) is 3.07. The van der Waals surface area contributed by atoms with Gasteiger partial charge in [-0.25, -0.2) is 9.78 Å². The third-order valence-corrected chi connectivity index (χ3v) is 5.70. The molecule has 0 aliphatic rings. The zero-order valence-corrected chi connectivity index (χ0v) is 19.1. The largest absolute Gasteiger partial charge is 0.508 e. The summed E-state index contributed by atoms with van der Waals surface area (Å²) in [5.74, 6) is 0.301. The Morgan fingerprint density at radius 3 is 2.74 bits per heavy atom. The van der Waals surface area contributed by atoms with Crippen molar-refractivity contribution in [2.75, 3.05) is 20.7 Å². The first kappa shape index (κ1) is 22.7. The highest BCUT2D eigenvalue weighted by Gasteiger charge is 2.26. The SMILES string of the molecule is CCOC(=O)c1c(CSc2nc(C)cc(C)c2C#N)oc2ccc(O)c(CN(C)C)c12. The molecule has 162 valence electrons. The number of ether oxygens (including phenoxy) is 1. The Balaban J connectivity index is 2.12. The number of furan rings is 1. The van der Waals surface area contributed by atoms with E-state index in [1.54, 1.807) is 19.1 Å². The summed E-state index contributed by atoms with van der Waals surface area (Å²) in [6.45, 7) is 6.14.